The molecule has 1 nitrogen and oxygen atoms in total. The third-order valence-electron chi connectivity index (χ3n) is 2.80. The smallest absolute Gasteiger partial charge is 0.0647 e. The molecule has 0 aliphatic carbocycles. The second kappa shape index (κ2) is 10.7. The Hall–Kier alpha value is -0.820. The highest BCUT2D eigenvalue weighted by Gasteiger charge is 2.03. The van der Waals surface area contributed by atoms with Gasteiger partial charge in [0.1, 0.15) is 0 Å². The lowest BCUT2D eigenvalue weighted by Crippen LogP contribution is -1.97. The van der Waals surface area contributed by atoms with E-state index in [0.29, 0.717) is 0 Å². The maximum atomic E-state index is 9.32. The van der Waals surface area contributed by atoms with Crippen LogP contribution in [0.25, 0.3) is 0 Å². The van der Waals surface area contributed by atoms with Crippen molar-refractivity contribution in [3.05, 3.63) is 36.5 Å². The lowest BCUT2D eigenvalue weighted by Gasteiger charge is -2.11. The third-order valence-corrected chi connectivity index (χ3v) is 2.80. The highest BCUT2D eigenvalue weighted by molar-refractivity contribution is 5.19. The second-order valence-corrected chi connectivity index (χ2v) is 4.16. The van der Waals surface area contributed by atoms with Crippen LogP contribution in [0.2, 0.25) is 0 Å². The summed E-state index contributed by atoms with van der Waals surface area (Å²) in [5, 5.41) is 9.32. The topological polar surface area (TPSA) is 20.2 Å². The molecule has 0 unspecified atom stereocenters. The van der Waals surface area contributed by atoms with Gasteiger partial charge >= 0.3 is 0 Å². The van der Waals surface area contributed by atoms with Crippen LogP contribution < -0.4 is 0 Å². The Morgan fingerprint density at radius 1 is 1.00 bits per heavy atom. The fourth-order valence-corrected chi connectivity index (χ4v) is 1.86. The zero-order valence-electron chi connectivity index (χ0n) is 10.7. The van der Waals surface area contributed by atoms with Crippen molar-refractivity contribution in [2.75, 3.05) is 6.61 Å². The first-order valence-corrected chi connectivity index (χ1v) is 6.32. The zero-order valence-corrected chi connectivity index (χ0v) is 10.7. The van der Waals surface area contributed by atoms with Gasteiger partial charge in [-0.15, -0.1) is 13.2 Å². The molecule has 0 bridgehead atoms. The lowest BCUT2D eigenvalue weighted by molar-refractivity contribution is 0.326. The Morgan fingerprint density at radius 3 is 2.12 bits per heavy atom. The maximum Gasteiger partial charge on any atom is 0.0647 e. The van der Waals surface area contributed by atoms with Crippen molar-refractivity contribution >= 4 is 0 Å². The minimum Gasteiger partial charge on any atom is -0.392 e. The summed E-state index contributed by atoms with van der Waals surface area (Å²) in [6.07, 6.45) is 11.6. The van der Waals surface area contributed by atoms with Crippen LogP contribution in [0.4, 0.5) is 0 Å². The van der Waals surface area contributed by atoms with Crippen LogP contribution in [0.3, 0.4) is 0 Å². The molecule has 0 heterocycles. The van der Waals surface area contributed by atoms with Crippen LogP contribution in [0.15, 0.2) is 36.5 Å². The van der Waals surface area contributed by atoms with E-state index >= 15 is 0 Å². The molecular formula is C15H26O. The first-order valence-electron chi connectivity index (χ1n) is 6.32. The first-order chi connectivity index (χ1) is 7.79. The van der Waals surface area contributed by atoms with Crippen LogP contribution >= 0.6 is 0 Å². The standard InChI is InChI=1S/C15H26O/c1-4-7-8-9-12-14(10-5-2)15(13-16)11-6-3/h5-6,16H,2-4,7-13H2,1H3/b15-14-. The van der Waals surface area contributed by atoms with Gasteiger partial charge in [0.15, 0.2) is 0 Å². The quantitative estimate of drug-likeness (QED) is 0.429. The molecule has 1 N–H and O–H groups in total. The van der Waals surface area contributed by atoms with Gasteiger partial charge in [-0.2, -0.15) is 0 Å². The lowest BCUT2D eigenvalue weighted by atomic mass is 9.97. The summed E-state index contributed by atoms with van der Waals surface area (Å²) in [7, 11) is 0. The predicted octanol–water partition coefficient (Wildman–Crippen LogP) is 4.40. The number of aliphatic hydroxyl groups is 1. The van der Waals surface area contributed by atoms with Crippen molar-refractivity contribution < 1.29 is 5.11 Å². The summed E-state index contributed by atoms with van der Waals surface area (Å²) in [5.41, 5.74) is 2.49. The third kappa shape index (κ3) is 6.62. The molecule has 0 spiro atoms. The Balaban J connectivity index is 4.30. The summed E-state index contributed by atoms with van der Waals surface area (Å²) < 4.78 is 0. The Kier molecular flexibility index (Phi) is 10.1. The minimum absolute atomic E-state index is 0.156. The highest BCUT2D eigenvalue weighted by Crippen LogP contribution is 2.20. The highest BCUT2D eigenvalue weighted by atomic mass is 16.3. The normalized spacial score (nSPS) is 12.1. The van der Waals surface area contributed by atoms with Crippen LogP contribution in [-0.2, 0) is 0 Å². The molecule has 0 aliphatic rings. The van der Waals surface area contributed by atoms with Crippen molar-refractivity contribution in [1.82, 2.24) is 0 Å². The predicted molar refractivity (Wildman–Crippen MR) is 72.5 cm³/mol. The maximum absolute atomic E-state index is 9.32. The van der Waals surface area contributed by atoms with Gasteiger partial charge < -0.3 is 5.11 Å². The number of aliphatic hydroxyl groups excluding tert-OH is 1. The molecule has 1 heteroatoms. The fourth-order valence-electron chi connectivity index (χ4n) is 1.86. The molecule has 0 saturated heterocycles. The molecule has 0 saturated carbocycles. The van der Waals surface area contributed by atoms with Gasteiger partial charge in [-0.3, -0.25) is 0 Å². The summed E-state index contributed by atoms with van der Waals surface area (Å²) in [4.78, 5) is 0. The van der Waals surface area contributed by atoms with Crippen molar-refractivity contribution in [1.29, 1.82) is 0 Å². The number of unbranched alkanes of at least 4 members (excludes halogenated alkanes) is 3. The molecular weight excluding hydrogens is 196 g/mol. The summed E-state index contributed by atoms with van der Waals surface area (Å²) in [5.74, 6) is 0. The van der Waals surface area contributed by atoms with E-state index in [-0.39, 0.29) is 6.61 Å². The monoisotopic (exact) mass is 222 g/mol. The SMILES string of the molecule is C=CC/C(CO)=C(\CC=C)CCCCCC. The van der Waals surface area contributed by atoms with Gasteiger partial charge in [-0.1, -0.05) is 43.9 Å². The van der Waals surface area contributed by atoms with Gasteiger partial charge in [-0.25, -0.2) is 0 Å². The van der Waals surface area contributed by atoms with E-state index in [1.165, 1.54) is 31.3 Å². The Morgan fingerprint density at radius 2 is 1.62 bits per heavy atom. The number of rotatable bonds is 10. The second-order valence-electron chi connectivity index (χ2n) is 4.16. The van der Waals surface area contributed by atoms with E-state index in [4.69, 9.17) is 0 Å². The van der Waals surface area contributed by atoms with Crippen LogP contribution in [0.1, 0.15) is 51.9 Å². The number of hydrogen-bond acceptors (Lipinski definition) is 1. The van der Waals surface area contributed by atoms with Gasteiger partial charge in [0.2, 0.25) is 0 Å². The molecule has 0 aromatic heterocycles. The van der Waals surface area contributed by atoms with E-state index in [9.17, 15) is 5.11 Å². The van der Waals surface area contributed by atoms with E-state index in [1.807, 2.05) is 12.2 Å². The van der Waals surface area contributed by atoms with Gasteiger partial charge in [0.05, 0.1) is 6.61 Å². The molecule has 0 aromatic rings. The van der Waals surface area contributed by atoms with Gasteiger partial charge in [0, 0.05) is 0 Å². The van der Waals surface area contributed by atoms with Gasteiger partial charge in [-0.05, 0) is 31.3 Å². The van der Waals surface area contributed by atoms with E-state index < -0.39 is 0 Å². The summed E-state index contributed by atoms with van der Waals surface area (Å²) >= 11 is 0. The average molecular weight is 222 g/mol. The van der Waals surface area contributed by atoms with Crippen LogP contribution in [-0.4, -0.2) is 11.7 Å². The number of allylic oxidation sites excluding steroid dienone is 3. The molecule has 0 rings (SSSR count). The molecule has 16 heavy (non-hydrogen) atoms. The van der Waals surface area contributed by atoms with Crippen molar-refractivity contribution in [3.8, 4) is 0 Å². The average Bonchev–Trinajstić information content (AvgIpc) is 2.30. The van der Waals surface area contributed by atoms with Crippen molar-refractivity contribution in [2.45, 2.75) is 51.9 Å². The minimum atomic E-state index is 0.156. The fraction of sp³-hybridized carbons (Fsp3) is 0.600. The van der Waals surface area contributed by atoms with E-state index in [0.717, 1.165) is 24.8 Å². The van der Waals surface area contributed by atoms with Gasteiger partial charge in [0.25, 0.3) is 0 Å². The number of hydrogen-bond donors (Lipinski definition) is 1. The molecule has 0 atom stereocenters. The van der Waals surface area contributed by atoms with Crippen LogP contribution in [0.5, 0.6) is 0 Å². The summed E-state index contributed by atoms with van der Waals surface area (Å²) in [6.45, 7) is 9.88. The molecule has 0 amide bonds. The zero-order chi connectivity index (χ0) is 12.2. The van der Waals surface area contributed by atoms with E-state index in [2.05, 4.69) is 20.1 Å². The molecule has 92 valence electrons. The largest absolute Gasteiger partial charge is 0.392 e. The first kappa shape index (κ1) is 15.2. The molecule has 0 fully saturated rings. The molecule has 0 aromatic carbocycles. The summed E-state index contributed by atoms with van der Waals surface area (Å²) in [6, 6.07) is 0. The molecule has 0 aliphatic heterocycles. The Labute approximate surface area is 101 Å². The van der Waals surface area contributed by atoms with Crippen molar-refractivity contribution in [2.24, 2.45) is 0 Å². The van der Waals surface area contributed by atoms with E-state index in [1.54, 1.807) is 0 Å². The molecule has 0 radical (unpaired) electrons. The van der Waals surface area contributed by atoms with Crippen molar-refractivity contribution in [3.63, 3.8) is 0 Å². The van der Waals surface area contributed by atoms with Crippen LogP contribution in [0, 0.1) is 0 Å². The Bertz CT molecular complexity index is 226.